The highest BCUT2D eigenvalue weighted by molar-refractivity contribution is 5.45. The quantitative estimate of drug-likeness (QED) is 0.724. The van der Waals surface area contributed by atoms with Crippen LogP contribution in [0.15, 0.2) is 10.7 Å². The molecule has 0 fully saturated rings. The molecule has 0 unspecified atom stereocenters. The first-order chi connectivity index (χ1) is 6.83. The number of hydrogen-bond donors (Lipinski definition) is 0. The van der Waals surface area contributed by atoms with Crippen molar-refractivity contribution in [2.24, 2.45) is 0 Å². The lowest BCUT2D eigenvalue weighted by Gasteiger charge is -1.86. The fourth-order valence-electron chi connectivity index (χ4n) is 1.06. The molecule has 0 radical (unpaired) electrons. The van der Waals surface area contributed by atoms with E-state index >= 15 is 0 Å². The van der Waals surface area contributed by atoms with Crippen LogP contribution in [-0.4, -0.2) is 25.1 Å². The third kappa shape index (κ3) is 1.50. The van der Waals surface area contributed by atoms with Crippen LogP contribution in [0.2, 0.25) is 0 Å². The molecular weight excluding hydrogens is 182 g/mol. The van der Waals surface area contributed by atoms with Gasteiger partial charge in [-0.1, -0.05) is 17.3 Å². The minimum absolute atomic E-state index is 0.501. The van der Waals surface area contributed by atoms with Gasteiger partial charge in [0.05, 0.1) is 6.20 Å². The number of rotatable bonds is 3. The van der Waals surface area contributed by atoms with E-state index in [4.69, 9.17) is 4.52 Å². The first-order valence-electron chi connectivity index (χ1n) is 4.56. The maximum absolute atomic E-state index is 4.97. The molecular formula is C8H11N5O. The van der Waals surface area contributed by atoms with Gasteiger partial charge in [-0.25, -0.2) is 0 Å². The molecule has 0 aliphatic rings. The molecule has 2 aromatic heterocycles. The Balaban J connectivity index is 2.29. The Hall–Kier alpha value is -1.72. The topological polar surface area (TPSA) is 69.6 Å². The van der Waals surface area contributed by atoms with Crippen LogP contribution in [0.25, 0.3) is 11.5 Å². The van der Waals surface area contributed by atoms with Gasteiger partial charge in [0.2, 0.25) is 11.7 Å². The van der Waals surface area contributed by atoms with Gasteiger partial charge in [0, 0.05) is 13.0 Å². The van der Waals surface area contributed by atoms with Crippen molar-refractivity contribution in [3.63, 3.8) is 0 Å². The third-order valence-electron chi connectivity index (χ3n) is 1.86. The van der Waals surface area contributed by atoms with E-state index in [-0.39, 0.29) is 0 Å². The average molecular weight is 193 g/mol. The molecule has 6 heteroatoms. The summed E-state index contributed by atoms with van der Waals surface area (Å²) in [6.45, 7) is 4.73. The van der Waals surface area contributed by atoms with Crippen LogP contribution >= 0.6 is 0 Å². The lowest BCUT2D eigenvalue weighted by Crippen LogP contribution is -1.93. The van der Waals surface area contributed by atoms with E-state index in [0.29, 0.717) is 17.4 Å². The Labute approximate surface area is 80.9 Å². The van der Waals surface area contributed by atoms with Gasteiger partial charge in [0.25, 0.3) is 0 Å². The fourth-order valence-corrected chi connectivity index (χ4v) is 1.06. The molecule has 74 valence electrons. The highest BCUT2D eigenvalue weighted by Crippen LogP contribution is 2.11. The van der Waals surface area contributed by atoms with Gasteiger partial charge in [0.1, 0.15) is 0 Å². The summed E-state index contributed by atoms with van der Waals surface area (Å²) in [5, 5.41) is 11.6. The van der Waals surface area contributed by atoms with Gasteiger partial charge in [0.15, 0.2) is 5.69 Å². The molecule has 2 aromatic rings. The zero-order valence-electron chi connectivity index (χ0n) is 8.14. The minimum Gasteiger partial charge on any atom is -0.339 e. The van der Waals surface area contributed by atoms with E-state index in [0.717, 1.165) is 13.0 Å². The Bertz CT molecular complexity index is 379. The summed E-state index contributed by atoms with van der Waals surface area (Å²) in [5.41, 5.74) is 0.648. The zero-order chi connectivity index (χ0) is 9.97. The molecule has 6 nitrogen and oxygen atoms in total. The van der Waals surface area contributed by atoms with Crippen LogP contribution in [0, 0.1) is 0 Å². The predicted octanol–water partition coefficient (Wildman–Crippen LogP) is 0.910. The van der Waals surface area contributed by atoms with Crippen molar-refractivity contribution in [1.29, 1.82) is 0 Å². The van der Waals surface area contributed by atoms with Gasteiger partial charge in [-0.3, -0.25) is 4.68 Å². The molecule has 0 atom stereocenters. The fraction of sp³-hybridized carbons (Fsp3) is 0.500. The van der Waals surface area contributed by atoms with Crippen molar-refractivity contribution in [2.75, 3.05) is 0 Å². The Kier molecular flexibility index (Phi) is 2.26. The largest absolute Gasteiger partial charge is 0.339 e. The number of nitrogens with zero attached hydrogens (tertiary/aromatic N) is 5. The third-order valence-corrected chi connectivity index (χ3v) is 1.86. The first kappa shape index (κ1) is 8.86. The maximum atomic E-state index is 4.97. The molecule has 0 bridgehead atoms. The summed E-state index contributed by atoms with van der Waals surface area (Å²) in [7, 11) is 0. The van der Waals surface area contributed by atoms with Gasteiger partial charge < -0.3 is 4.52 Å². The van der Waals surface area contributed by atoms with Crippen molar-refractivity contribution < 1.29 is 4.52 Å². The summed E-state index contributed by atoms with van der Waals surface area (Å²) >= 11 is 0. The van der Waals surface area contributed by atoms with Crippen LogP contribution in [0.4, 0.5) is 0 Å². The average Bonchev–Trinajstić information content (AvgIpc) is 2.86. The van der Waals surface area contributed by atoms with Gasteiger partial charge >= 0.3 is 0 Å². The monoisotopic (exact) mass is 193 g/mol. The lowest BCUT2D eigenvalue weighted by molar-refractivity contribution is 0.382. The highest BCUT2D eigenvalue weighted by atomic mass is 16.5. The van der Waals surface area contributed by atoms with Crippen LogP contribution < -0.4 is 0 Å². The summed E-state index contributed by atoms with van der Waals surface area (Å²) in [6, 6.07) is 0. The van der Waals surface area contributed by atoms with E-state index in [1.165, 1.54) is 0 Å². The van der Waals surface area contributed by atoms with Crippen LogP contribution in [-0.2, 0) is 13.0 Å². The highest BCUT2D eigenvalue weighted by Gasteiger charge is 2.10. The maximum Gasteiger partial charge on any atom is 0.226 e. The van der Waals surface area contributed by atoms with Crippen LogP contribution in [0.5, 0.6) is 0 Å². The van der Waals surface area contributed by atoms with Crippen LogP contribution in [0.1, 0.15) is 19.7 Å². The standard InChI is InChI=1S/C8H11N5O/c1-3-7-9-8(11-14-7)6-5-13(4-2)12-10-6/h5H,3-4H2,1-2H3. The van der Waals surface area contributed by atoms with Crippen molar-refractivity contribution >= 4 is 0 Å². The van der Waals surface area contributed by atoms with E-state index in [1.807, 2.05) is 13.8 Å². The Morgan fingerprint density at radius 2 is 2.29 bits per heavy atom. The van der Waals surface area contributed by atoms with E-state index in [2.05, 4.69) is 20.5 Å². The van der Waals surface area contributed by atoms with Crippen molar-refractivity contribution in [1.82, 2.24) is 25.1 Å². The molecule has 14 heavy (non-hydrogen) atoms. The van der Waals surface area contributed by atoms with Crippen LogP contribution in [0.3, 0.4) is 0 Å². The molecule has 0 aromatic carbocycles. The summed E-state index contributed by atoms with van der Waals surface area (Å²) in [5.74, 6) is 1.12. The number of aromatic nitrogens is 5. The normalized spacial score (nSPS) is 10.7. The Morgan fingerprint density at radius 1 is 1.43 bits per heavy atom. The molecule has 0 aliphatic carbocycles. The predicted molar refractivity (Wildman–Crippen MR) is 48.4 cm³/mol. The molecule has 2 rings (SSSR count). The summed E-state index contributed by atoms with van der Waals surface area (Å²) in [4.78, 5) is 4.15. The van der Waals surface area contributed by atoms with Gasteiger partial charge in [-0.15, -0.1) is 5.10 Å². The smallest absolute Gasteiger partial charge is 0.226 e. The molecule has 0 amide bonds. The minimum atomic E-state index is 0.501. The Morgan fingerprint density at radius 3 is 2.86 bits per heavy atom. The second kappa shape index (κ2) is 3.57. The molecule has 0 aliphatic heterocycles. The second-order valence-corrected chi connectivity index (χ2v) is 2.82. The first-order valence-corrected chi connectivity index (χ1v) is 4.56. The SMILES string of the molecule is CCc1nc(-c2cn(CC)nn2)no1. The van der Waals surface area contributed by atoms with E-state index < -0.39 is 0 Å². The van der Waals surface area contributed by atoms with Crippen molar-refractivity contribution in [2.45, 2.75) is 26.8 Å². The molecule has 0 spiro atoms. The molecule has 0 saturated carbocycles. The van der Waals surface area contributed by atoms with Crippen molar-refractivity contribution in [3.8, 4) is 11.5 Å². The van der Waals surface area contributed by atoms with E-state index in [9.17, 15) is 0 Å². The van der Waals surface area contributed by atoms with E-state index in [1.54, 1.807) is 10.9 Å². The molecule has 0 N–H and O–H groups in total. The van der Waals surface area contributed by atoms with Gasteiger partial charge in [-0.05, 0) is 6.92 Å². The molecule has 2 heterocycles. The number of aryl methyl sites for hydroxylation is 2. The second-order valence-electron chi connectivity index (χ2n) is 2.82. The van der Waals surface area contributed by atoms with Crippen molar-refractivity contribution in [3.05, 3.63) is 12.1 Å². The zero-order valence-corrected chi connectivity index (χ0v) is 8.14. The number of hydrogen-bond acceptors (Lipinski definition) is 5. The van der Waals surface area contributed by atoms with Gasteiger partial charge in [-0.2, -0.15) is 4.98 Å². The summed E-state index contributed by atoms with van der Waals surface area (Å²) < 4.78 is 6.69. The lowest BCUT2D eigenvalue weighted by atomic mass is 10.4. The summed E-state index contributed by atoms with van der Waals surface area (Å²) in [6.07, 6.45) is 2.53. The molecule has 0 saturated heterocycles.